The fraction of sp³-hybridized carbons (Fsp3) is 0.375. The third-order valence-corrected chi connectivity index (χ3v) is 5.80. The van der Waals surface area contributed by atoms with Gasteiger partial charge in [0.25, 0.3) is 0 Å². The number of aromatic nitrogens is 2. The largest absolute Gasteiger partial charge is 0.416 e. The van der Waals surface area contributed by atoms with Crippen molar-refractivity contribution in [2.24, 2.45) is 4.99 Å². The van der Waals surface area contributed by atoms with Gasteiger partial charge >= 0.3 is 6.18 Å². The van der Waals surface area contributed by atoms with Crippen molar-refractivity contribution in [3.63, 3.8) is 0 Å². The number of nitrogens with one attached hydrogen (secondary N) is 1. The zero-order chi connectivity index (χ0) is 22.9. The van der Waals surface area contributed by atoms with Crippen molar-refractivity contribution in [3.8, 4) is 0 Å². The van der Waals surface area contributed by atoms with E-state index in [2.05, 4.69) is 14.9 Å². The molecule has 0 aliphatic heterocycles. The number of pyridine rings is 2. The molecule has 0 bridgehead atoms. The Hall–Kier alpha value is -3.00. The Morgan fingerprint density at radius 3 is 2.59 bits per heavy atom. The van der Waals surface area contributed by atoms with Crippen molar-refractivity contribution in [1.82, 2.24) is 14.9 Å². The maximum Gasteiger partial charge on any atom is 0.416 e. The van der Waals surface area contributed by atoms with Crippen molar-refractivity contribution in [2.75, 3.05) is 27.2 Å². The summed E-state index contributed by atoms with van der Waals surface area (Å²) in [5.41, 5.74) is 2.57. The van der Waals surface area contributed by atoms with Gasteiger partial charge in [0.15, 0.2) is 5.43 Å². The molecule has 1 N–H and O–H groups in total. The topological polar surface area (TPSA) is 61.4 Å². The van der Waals surface area contributed by atoms with E-state index < -0.39 is 11.7 Å². The Morgan fingerprint density at radius 2 is 1.91 bits per heavy atom. The standard InChI is InChI=1S/C24H25F3N4O/c1-31(2)12-4-11-28-19-13-16(15-6-8-17(9-7-15)24(25,26)27)14-20-21(19)22(32)18-5-3-10-29-23(18)30-20/h3,5-10,16H,4,11-14H2,1-2H3,(H,29,30,32). The summed E-state index contributed by atoms with van der Waals surface area (Å²) in [6, 6.07) is 8.75. The van der Waals surface area contributed by atoms with Crippen molar-refractivity contribution in [2.45, 2.75) is 31.4 Å². The number of alkyl halides is 3. The summed E-state index contributed by atoms with van der Waals surface area (Å²) < 4.78 is 38.9. The van der Waals surface area contributed by atoms with Gasteiger partial charge in [0.1, 0.15) is 5.65 Å². The van der Waals surface area contributed by atoms with Crippen molar-refractivity contribution in [1.29, 1.82) is 0 Å². The first kappa shape index (κ1) is 22.2. The first-order valence-electron chi connectivity index (χ1n) is 10.6. The summed E-state index contributed by atoms with van der Waals surface area (Å²) in [7, 11) is 3.99. The zero-order valence-corrected chi connectivity index (χ0v) is 18.0. The summed E-state index contributed by atoms with van der Waals surface area (Å²) >= 11 is 0. The van der Waals surface area contributed by atoms with Crippen LogP contribution in [0.25, 0.3) is 11.0 Å². The fourth-order valence-corrected chi connectivity index (χ4v) is 4.20. The number of H-pyrrole nitrogens is 1. The predicted molar refractivity (Wildman–Crippen MR) is 119 cm³/mol. The van der Waals surface area contributed by atoms with Gasteiger partial charge in [0.05, 0.1) is 16.5 Å². The summed E-state index contributed by atoms with van der Waals surface area (Å²) in [6.07, 6.45) is -0.873. The molecular weight excluding hydrogens is 417 g/mol. The first-order valence-corrected chi connectivity index (χ1v) is 10.6. The van der Waals surface area contributed by atoms with E-state index in [4.69, 9.17) is 4.99 Å². The summed E-state index contributed by atoms with van der Waals surface area (Å²) in [5, 5.41) is 0.514. The maximum absolute atomic E-state index is 13.2. The molecule has 0 amide bonds. The van der Waals surface area contributed by atoms with E-state index in [1.54, 1.807) is 18.3 Å². The van der Waals surface area contributed by atoms with Crippen LogP contribution in [0.1, 0.15) is 41.1 Å². The summed E-state index contributed by atoms with van der Waals surface area (Å²) in [4.78, 5) is 27.7. The molecule has 32 heavy (non-hydrogen) atoms. The Balaban J connectivity index is 1.73. The minimum absolute atomic E-state index is 0.0748. The third-order valence-electron chi connectivity index (χ3n) is 5.80. The Morgan fingerprint density at radius 1 is 1.16 bits per heavy atom. The van der Waals surface area contributed by atoms with Crippen molar-refractivity contribution < 1.29 is 13.2 Å². The second-order valence-corrected chi connectivity index (χ2v) is 8.42. The molecular formula is C24H25F3N4O. The summed E-state index contributed by atoms with van der Waals surface area (Å²) in [6.45, 7) is 1.46. The van der Waals surface area contributed by atoms with Crippen LogP contribution >= 0.6 is 0 Å². The second-order valence-electron chi connectivity index (χ2n) is 8.42. The minimum atomic E-state index is -4.37. The molecule has 0 saturated heterocycles. The van der Waals surface area contributed by atoms with Gasteiger partial charge in [0, 0.05) is 24.1 Å². The average Bonchev–Trinajstić information content (AvgIpc) is 2.76. The normalized spacial score (nSPS) is 17.8. The molecule has 0 radical (unpaired) electrons. The molecule has 2 heterocycles. The number of hydrogen-bond donors (Lipinski definition) is 1. The van der Waals surface area contributed by atoms with E-state index in [0.717, 1.165) is 36.4 Å². The number of benzene rings is 1. The van der Waals surface area contributed by atoms with Crippen LogP contribution < -0.4 is 5.43 Å². The number of nitrogens with zero attached hydrogens (tertiary/aromatic N) is 3. The minimum Gasteiger partial charge on any atom is -0.342 e. The molecule has 1 aliphatic rings. The van der Waals surface area contributed by atoms with Crippen molar-refractivity contribution >= 4 is 16.7 Å². The highest BCUT2D eigenvalue weighted by molar-refractivity contribution is 6.04. The van der Waals surface area contributed by atoms with Gasteiger partial charge in [-0.15, -0.1) is 0 Å². The van der Waals surface area contributed by atoms with E-state index >= 15 is 0 Å². The van der Waals surface area contributed by atoms with Crippen LogP contribution in [-0.4, -0.2) is 47.8 Å². The van der Waals surface area contributed by atoms with Gasteiger partial charge < -0.3 is 9.88 Å². The highest BCUT2D eigenvalue weighted by atomic mass is 19.4. The van der Waals surface area contributed by atoms with Crippen LogP contribution in [0.4, 0.5) is 13.2 Å². The van der Waals surface area contributed by atoms with Gasteiger partial charge in [-0.25, -0.2) is 4.98 Å². The van der Waals surface area contributed by atoms with Gasteiger partial charge in [-0.2, -0.15) is 13.2 Å². The molecule has 0 fully saturated rings. The van der Waals surface area contributed by atoms with Gasteiger partial charge in [-0.3, -0.25) is 9.79 Å². The smallest absolute Gasteiger partial charge is 0.342 e. The average molecular weight is 442 g/mol. The second kappa shape index (κ2) is 8.86. The van der Waals surface area contributed by atoms with E-state index in [9.17, 15) is 18.0 Å². The summed E-state index contributed by atoms with van der Waals surface area (Å²) in [5.74, 6) is -0.0748. The lowest BCUT2D eigenvalue weighted by molar-refractivity contribution is -0.137. The molecule has 1 aliphatic carbocycles. The predicted octanol–water partition coefficient (Wildman–Crippen LogP) is 4.41. The Labute approximate surface area is 184 Å². The number of hydrogen-bond acceptors (Lipinski definition) is 4. The lowest BCUT2D eigenvalue weighted by atomic mass is 9.80. The van der Waals surface area contributed by atoms with Gasteiger partial charge in [0.2, 0.25) is 0 Å². The molecule has 1 unspecified atom stereocenters. The number of halogens is 3. The molecule has 8 heteroatoms. The Bertz CT molecular complexity index is 1200. The fourth-order valence-electron chi connectivity index (χ4n) is 4.20. The van der Waals surface area contributed by atoms with E-state index in [1.807, 2.05) is 14.1 Å². The van der Waals surface area contributed by atoms with Crippen LogP contribution in [0.5, 0.6) is 0 Å². The van der Waals surface area contributed by atoms with Gasteiger partial charge in [-0.1, -0.05) is 12.1 Å². The number of aromatic amines is 1. The quantitative estimate of drug-likeness (QED) is 0.596. The van der Waals surface area contributed by atoms with Crippen LogP contribution in [-0.2, 0) is 12.6 Å². The third kappa shape index (κ3) is 4.60. The van der Waals surface area contributed by atoms with E-state index in [1.165, 1.54) is 12.1 Å². The molecule has 4 rings (SSSR count). The lowest BCUT2D eigenvalue weighted by Gasteiger charge is -2.26. The lowest BCUT2D eigenvalue weighted by Crippen LogP contribution is -2.29. The first-order chi connectivity index (χ1) is 15.2. The highest BCUT2D eigenvalue weighted by Crippen LogP contribution is 2.34. The molecule has 0 saturated carbocycles. The Kier molecular flexibility index (Phi) is 6.15. The van der Waals surface area contributed by atoms with Crippen LogP contribution in [0.3, 0.4) is 0 Å². The molecule has 5 nitrogen and oxygen atoms in total. The molecule has 2 aromatic heterocycles. The number of fused-ring (bicyclic) bond motifs is 2. The zero-order valence-electron chi connectivity index (χ0n) is 18.0. The van der Waals surface area contributed by atoms with Crippen molar-refractivity contribution in [3.05, 3.63) is 75.2 Å². The van der Waals surface area contributed by atoms with E-state index in [-0.39, 0.29) is 11.3 Å². The van der Waals surface area contributed by atoms with Crippen LogP contribution in [0.15, 0.2) is 52.4 Å². The highest BCUT2D eigenvalue weighted by Gasteiger charge is 2.32. The molecule has 0 spiro atoms. The maximum atomic E-state index is 13.2. The van der Waals surface area contributed by atoms with Crippen LogP contribution in [0.2, 0.25) is 0 Å². The van der Waals surface area contributed by atoms with Crippen LogP contribution in [0, 0.1) is 0 Å². The molecule has 168 valence electrons. The number of aliphatic imine (C=N–C) groups is 1. The van der Waals surface area contributed by atoms with Gasteiger partial charge in [-0.05, 0) is 75.6 Å². The number of rotatable bonds is 5. The molecule has 1 atom stereocenters. The van der Waals surface area contributed by atoms with E-state index in [0.29, 0.717) is 41.7 Å². The SMILES string of the molecule is CN(C)CCCN=C1CC(c2ccc(C(F)(F)F)cc2)Cc2[nH]c3ncccc3c(=O)c21. The monoisotopic (exact) mass is 442 g/mol. The molecule has 1 aromatic carbocycles. The molecule has 3 aromatic rings.